The van der Waals surface area contributed by atoms with Crippen LogP contribution in [0.15, 0.2) is 36.5 Å². The van der Waals surface area contributed by atoms with Crippen LogP contribution >= 0.6 is 0 Å². The standard InChI is InChI=1S/C22H22F3N7O3S/c1-12-7-8-14(20(28-12)32(2)36(3,34)35)10-26-19-15(22(23,24)25)11-27-21(31-19)29-16-6-4-5-13-9-17(33)30-18(13)16/h4-8,11H,9-10H2,1-3H3,(H,30,33)(H2,26,27,29,31). The molecule has 14 heteroatoms. The van der Waals surface area contributed by atoms with Gasteiger partial charge in [0.1, 0.15) is 17.2 Å². The van der Waals surface area contributed by atoms with Gasteiger partial charge in [-0.25, -0.2) is 18.4 Å². The summed E-state index contributed by atoms with van der Waals surface area (Å²) in [6.07, 6.45) is -2.90. The maximum atomic E-state index is 13.7. The zero-order valence-corrected chi connectivity index (χ0v) is 20.3. The summed E-state index contributed by atoms with van der Waals surface area (Å²) in [6.45, 7) is 1.47. The molecule has 0 unspecified atom stereocenters. The molecule has 2 aromatic heterocycles. The second-order valence-electron chi connectivity index (χ2n) is 8.16. The van der Waals surface area contributed by atoms with Crippen molar-refractivity contribution in [3.63, 3.8) is 0 Å². The van der Waals surface area contributed by atoms with Crippen molar-refractivity contribution in [2.45, 2.75) is 26.1 Å². The molecule has 36 heavy (non-hydrogen) atoms. The van der Waals surface area contributed by atoms with Crippen LogP contribution in [0.3, 0.4) is 0 Å². The van der Waals surface area contributed by atoms with Gasteiger partial charge in [-0.2, -0.15) is 18.2 Å². The lowest BCUT2D eigenvalue weighted by Gasteiger charge is -2.20. The van der Waals surface area contributed by atoms with Gasteiger partial charge in [-0.3, -0.25) is 9.10 Å². The lowest BCUT2D eigenvalue weighted by atomic mass is 10.1. The van der Waals surface area contributed by atoms with E-state index in [0.717, 1.165) is 16.1 Å². The first-order valence-electron chi connectivity index (χ1n) is 10.6. The molecule has 190 valence electrons. The summed E-state index contributed by atoms with van der Waals surface area (Å²) in [7, 11) is -2.35. The predicted octanol–water partition coefficient (Wildman–Crippen LogP) is 3.44. The van der Waals surface area contributed by atoms with E-state index in [1.807, 2.05) is 0 Å². The molecule has 1 aliphatic heterocycles. The molecule has 0 spiro atoms. The van der Waals surface area contributed by atoms with Crippen molar-refractivity contribution in [2.75, 3.05) is 33.6 Å². The Morgan fingerprint density at radius 3 is 2.61 bits per heavy atom. The van der Waals surface area contributed by atoms with Crippen LogP contribution in [-0.2, 0) is 34.0 Å². The molecule has 1 amide bonds. The first-order valence-corrected chi connectivity index (χ1v) is 12.4. The van der Waals surface area contributed by atoms with Crippen LogP contribution in [0.4, 0.5) is 42.1 Å². The van der Waals surface area contributed by atoms with E-state index < -0.39 is 27.6 Å². The third kappa shape index (κ3) is 5.32. The number of benzene rings is 1. The fourth-order valence-corrected chi connectivity index (χ4v) is 4.05. The molecule has 0 saturated carbocycles. The number of para-hydroxylation sites is 1. The van der Waals surface area contributed by atoms with Crippen LogP contribution in [0.2, 0.25) is 0 Å². The number of hydrogen-bond donors (Lipinski definition) is 3. The number of anilines is 5. The Kier molecular flexibility index (Phi) is 6.47. The summed E-state index contributed by atoms with van der Waals surface area (Å²) in [5.41, 5.74) is 1.47. The third-order valence-corrected chi connectivity index (χ3v) is 6.61. The number of hydrogen-bond acceptors (Lipinski definition) is 8. The van der Waals surface area contributed by atoms with E-state index in [0.29, 0.717) is 28.8 Å². The van der Waals surface area contributed by atoms with Crippen molar-refractivity contribution in [3.8, 4) is 0 Å². The number of amides is 1. The first-order chi connectivity index (χ1) is 16.8. The number of rotatable bonds is 7. The summed E-state index contributed by atoms with van der Waals surface area (Å²) < 4.78 is 66.1. The summed E-state index contributed by atoms with van der Waals surface area (Å²) in [5.74, 6) is -0.751. The Balaban J connectivity index is 1.66. The van der Waals surface area contributed by atoms with Crippen molar-refractivity contribution in [3.05, 3.63) is 58.9 Å². The Bertz CT molecular complexity index is 1450. The minimum atomic E-state index is -4.75. The highest BCUT2D eigenvalue weighted by Gasteiger charge is 2.35. The average Bonchev–Trinajstić information content (AvgIpc) is 3.17. The van der Waals surface area contributed by atoms with Crippen LogP contribution in [0.25, 0.3) is 0 Å². The molecular weight excluding hydrogens is 499 g/mol. The summed E-state index contributed by atoms with van der Waals surface area (Å²) >= 11 is 0. The van der Waals surface area contributed by atoms with Gasteiger partial charge in [0.2, 0.25) is 21.9 Å². The number of halogens is 3. The minimum absolute atomic E-state index is 0.0848. The number of aromatic nitrogens is 3. The van der Waals surface area contributed by atoms with E-state index in [2.05, 4.69) is 30.9 Å². The van der Waals surface area contributed by atoms with E-state index in [-0.39, 0.29) is 30.6 Å². The largest absolute Gasteiger partial charge is 0.421 e. The van der Waals surface area contributed by atoms with Crippen molar-refractivity contribution in [2.24, 2.45) is 0 Å². The Morgan fingerprint density at radius 1 is 1.17 bits per heavy atom. The van der Waals surface area contributed by atoms with Crippen molar-refractivity contribution in [1.29, 1.82) is 0 Å². The molecule has 0 radical (unpaired) electrons. The molecule has 3 N–H and O–H groups in total. The predicted molar refractivity (Wildman–Crippen MR) is 129 cm³/mol. The smallest absolute Gasteiger partial charge is 0.365 e. The second kappa shape index (κ2) is 9.26. The molecule has 0 atom stereocenters. The number of sulfonamides is 1. The molecule has 1 aromatic carbocycles. The number of nitrogens with zero attached hydrogens (tertiary/aromatic N) is 4. The van der Waals surface area contributed by atoms with Crippen molar-refractivity contribution in [1.82, 2.24) is 15.0 Å². The monoisotopic (exact) mass is 521 g/mol. The van der Waals surface area contributed by atoms with Gasteiger partial charge >= 0.3 is 6.18 Å². The number of carbonyl (C=O) groups is 1. The van der Waals surface area contributed by atoms with Crippen molar-refractivity contribution < 1.29 is 26.4 Å². The van der Waals surface area contributed by atoms with Gasteiger partial charge < -0.3 is 16.0 Å². The first kappa shape index (κ1) is 25.2. The van der Waals surface area contributed by atoms with Gasteiger partial charge in [0, 0.05) is 31.0 Å². The highest BCUT2D eigenvalue weighted by atomic mass is 32.2. The number of pyridine rings is 1. The lowest BCUT2D eigenvalue weighted by Crippen LogP contribution is -2.27. The van der Waals surface area contributed by atoms with E-state index in [1.54, 1.807) is 37.3 Å². The second-order valence-corrected chi connectivity index (χ2v) is 10.2. The number of nitrogens with one attached hydrogen (secondary N) is 3. The Hall–Kier alpha value is -3.94. The molecule has 0 saturated heterocycles. The Morgan fingerprint density at radius 2 is 1.92 bits per heavy atom. The Labute approximate surface area is 205 Å². The molecule has 10 nitrogen and oxygen atoms in total. The SMILES string of the molecule is Cc1ccc(CNc2nc(Nc3cccc4c3NC(=O)C4)ncc2C(F)(F)F)c(N(C)S(C)(=O)=O)n1. The maximum Gasteiger partial charge on any atom is 0.421 e. The number of alkyl halides is 3. The molecule has 1 aliphatic rings. The fraction of sp³-hybridized carbons (Fsp3) is 0.273. The summed E-state index contributed by atoms with van der Waals surface area (Å²) in [4.78, 5) is 23.8. The molecular formula is C22H22F3N7O3S. The molecule has 0 bridgehead atoms. The topological polar surface area (TPSA) is 129 Å². The van der Waals surface area contributed by atoms with Gasteiger partial charge in [-0.05, 0) is 24.6 Å². The van der Waals surface area contributed by atoms with Crippen LogP contribution in [0.5, 0.6) is 0 Å². The average molecular weight is 522 g/mol. The van der Waals surface area contributed by atoms with Crippen LogP contribution < -0.4 is 20.3 Å². The highest BCUT2D eigenvalue weighted by molar-refractivity contribution is 7.92. The van der Waals surface area contributed by atoms with E-state index in [9.17, 15) is 26.4 Å². The zero-order chi connectivity index (χ0) is 26.3. The van der Waals surface area contributed by atoms with Gasteiger partial charge in [0.05, 0.1) is 24.1 Å². The maximum absolute atomic E-state index is 13.7. The summed E-state index contributed by atoms with van der Waals surface area (Å²) in [6, 6.07) is 8.31. The van der Waals surface area contributed by atoms with E-state index in [4.69, 9.17) is 0 Å². The van der Waals surface area contributed by atoms with Crippen molar-refractivity contribution >= 4 is 44.9 Å². The van der Waals surface area contributed by atoms with Crippen LogP contribution in [-0.4, -0.2) is 42.6 Å². The number of carbonyl (C=O) groups excluding carboxylic acids is 1. The van der Waals surface area contributed by atoms with Crippen LogP contribution in [0.1, 0.15) is 22.4 Å². The van der Waals surface area contributed by atoms with Gasteiger partial charge in [0.25, 0.3) is 0 Å². The van der Waals surface area contributed by atoms with Gasteiger partial charge in [0.15, 0.2) is 0 Å². The normalized spacial score (nSPS) is 13.2. The van der Waals surface area contributed by atoms with Crippen LogP contribution in [0, 0.1) is 6.92 Å². The lowest BCUT2D eigenvalue weighted by molar-refractivity contribution is -0.137. The quantitative estimate of drug-likeness (QED) is 0.431. The summed E-state index contributed by atoms with van der Waals surface area (Å²) in [5, 5.41) is 8.20. The van der Waals surface area contributed by atoms with E-state index in [1.165, 1.54) is 7.05 Å². The molecule has 3 aromatic rings. The fourth-order valence-electron chi connectivity index (χ4n) is 3.58. The number of fused-ring (bicyclic) bond motifs is 1. The minimum Gasteiger partial charge on any atom is -0.365 e. The van der Waals surface area contributed by atoms with Gasteiger partial charge in [-0.1, -0.05) is 18.2 Å². The molecule has 3 heterocycles. The number of aryl methyl sites for hydroxylation is 1. The molecule has 0 fully saturated rings. The van der Waals surface area contributed by atoms with Gasteiger partial charge in [-0.15, -0.1) is 0 Å². The third-order valence-electron chi connectivity index (χ3n) is 5.44. The van der Waals surface area contributed by atoms with E-state index >= 15 is 0 Å². The molecule has 4 rings (SSSR count). The highest BCUT2D eigenvalue weighted by Crippen LogP contribution is 2.36. The zero-order valence-electron chi connectivity index (χ0n) is 19.4. The molecule has 0 aliphatic carbocycles.